The van der Waals surface area contributed by atoms with Crippen LogP contribution in [0.15, 0.2) is 48.7 Å². The highest BCUT2D eigenvalue weighted by Gasteiger charge is 2.38. The Hall–Kier alpha value is -3.72. The van der Waals surface area contributed by atoms with E-state index in [0.717, 1.165) is 71.4 Å². The van der Waals surface area contributed by atoms with Gasteiger partial charge in [-0.2, -0.15) is 0 Å². The van der Waals surface area contributed by atoms with Gasteiger partial charge in [0.25, 0.3) is 0 Å². The number of thiazole rings is 1. The second-order valence-electron chi connectivity index (χ2n) is 13.8. The molecule has 0 radical (unpaired) electrons. The van der Waals surface area contributed by atoms with Gasteiger partial charge in [0.2, 0.25) is 17.7 Å². The summed E-state index contributed by atoms with van der Waals surface area (Å²) in [5.74, 6) is 1.41. The predicted octanol–water partition coefficient (Wildman–Crippen LogP) is 6.95. The highest BCUT2D eigenvalue weighted by atomic mass is 32.1. The lowest BCUT2D eigenvalue weighted by atomic mass is 9.71. The third kappa shape index (κ3) is 8.23. The van der Waals surface area contributed by atoms with Gasteiger partial charge in [-0.25, -0.2) is 4.98 Å². The van der Waals surface area contributed by atoms with E-state index in [1.807, 2.05) is 19.2 Å². The summed E-state index contributed by atoms with van der Waals surface area (Å²) in [5.41, 5.74) is 4.44. The Kier molecular flexibility index (Phi) is 10.6. The number of aryl methyl sites for hydroxylation is 1. The number of rotatable bonds is 11. The molecular weight excluding hydrogens is 609 g/mol. The largest absolute Gasteiger partial charge is 0.496 e. The Morgan fingerprint density at radius 2 is 1.81 bits per heavy atom. The van der Waals surface area contributed by atoms with Crippen LogP contribution in [-0.4, -0.2) is 42.4 Å². The van der Waals surface area contributed by atoms with Crippen molar-refractivity contribution in [3.63, 3.8) is 0 Å². The first-order chi connectivity index (χ1) is 22.8. The summed E-state index contributed by atoms with van der Waals surface area (Å²) in [6.07, 6.45) is 12.2. The van der Waals surface area contributed by atoms with Gasteiger partial charge in [0.1, 0.15) is 5.75 Å². The van der Waals surface area contributed by atoms with Crippen molar-refractivity contribution >= 4 is 29.1 Å². The number of nitrogens with one attached hydrogen (secondary N) is 3. The first-order valence-corrected chi connectivity index (χ1v) is 18.2. The van der Waals surface area contributed by atoms with Gasteiger partial charge in [0.15, 0.2) is 0 Å². The van der Waals surface area contributed by atoms with E-state index in [4.69, 9.17) is 9.72 Å². The van der Waals surface area contributed by atoms with E-state index in [1.165, 1.54) is 31.2 Å². The van der Waals surface area contributed by atoms with Crippen LogP contribution in [0, 0.1) is 18.8 Å². The van der Waals surface area contributed by atoms with E-state index >= 15 is 0 Å². The number of nitrogens with zero attached hydrogens (tertiary/aromatic N) is 1. The summed E-state index contributed by atoms with van der Waals surface area (Å²) in [7, 11) is 1.68. The molecule has 3 saturated carbocycles. The average molecular weight is 657 g/mol. The fraction of sp³-hybridized carbons (Fsp3) is 0.526. The second-order valence-corrected chi connectivity index (χ2v) is 14.8. The molecule has 3 aliphatic carbocycles. The zero-order valence-corrected chi connectivity index (χ0v) is 28.7. The molecule has 2 aromatic carbocycles. The Morgan fingerprint density at radius 1 is 1.00 bits per heavy atom. The zero-order chi connectivity index (χ0) is 32.9. The molecule has 3 fully saturated rings. The van der Waals surface area contributed by atoms with Gasteiger partial charge in [-0.1, -0.05) is 49.6 Å². The molecule has 0 spiro atoms. The molecule has 1 heterocycles. The summed E-state index contributed by atoms with van der Waals surface area (Å²) in [4.78, 5) is 44.4. The molecule has 1 aromatic heterocycles. The Bertz CT molecular complexity index is 1580. The number of hydrogen-bond donors (Lipinski definition) is 3. The molecule has 0 bridgehead atoms. The van der Waals surface area contributed by atoms with Gasteiger partial charge in [-0.05, 0) is 92.2 Å². The van der Waals surface area contributed by atoms with Gasteiger partial charge in [-0.15, -0.1) is 11.3 Å². The smallest absolute Gasteiger partial charge is 0.239 e. The SMILES string of the molecule is COc1ccc(C2CCC(C(NC(=O)C3CCCCC3)c3cccc(-c4cnc(C5CC5)s4)c3)CC2NC(=O)CNC(C)=O)cc1C. The third-order valence-electron chi connectivity index (χ3n) is 10.3. The fourth-order valence-electron chi connectivity index (χ4n) is 7.59. The molecule has 47 heavy (non-hydrogen) atoms. The lowest BCUT2D eigenvalue weighted by Gasteiger charge is -2.41. The van der Waals surface area contributed by atoms with Gasteiger partial charge in [-0.3, -0.25) is 14.4 Å². The highest BCUT2D eigenvalue weighted by Crippen LogP contribution is 2.45. The van der Waals surface area contributed by atoms with Crippen LogP contribution in [-0.2, 0) is 14.4 Å². The topological polar surface area (TPSA) is 109 Å². The van der Waals surface area contributed by atoms with Crippen molar-refractivity contribution in [2.75, 3.05) is 13.7 Å². The maximum atomic E-state index is 13.8. The minimum absolute atomic E-state index is 0.0452. The normalized spacial score (nSPS) is 22.2. The summed E-state index contributed by atoms with van der Waals surface area (Å²) in [6, 6.07) is 14.5. The Labute approximate surface area is 282 Å². The molecule has 3 aliphatic rings. The number of carbonyl (C=O) groups is 3. The summed E-state index contributed by atoms with van der Waals surface area (Å²) in [5, 5.41) is 10.7. The molecule has 0 aliphatic heterocycles. The zero-order valence-electron chi connectivity index (χ0n) is 27.8. The van der Waals surface area contributed by atoms with Crippen molar-refractivity contribution in [2.45, 2.75) is 102 Å². The molecule has 250 valence electrons. The predicted molar refractivity (Wildman–Crippen MR) is 185 cm³/mol. The Balaban J connectivity index is 1.29. The summed E-state index contributed by atoms with van der Waals surface area (Å²) >= 11 is 1.78. The number of amides is 3. The molecule has 3 amide bonds. The molecule has 8 nitrogen and oxygen atoms in total. The molecule has 3 N–H and O–H groups in total. The fourth-order valence-corrected chi connectivity index (χ4v) is 8.68. The number of methoxy groups -OCH3 is 1. The van der Waals surface area contributed by atoms with Crippen molar-refractivity contribution in [3.05, 3.63) is 70.4 Å². The lowest BCUT2D eigenvalue weighted by Crippen LogP contribution is -2.48. The lowest BCUT2D eigenvalue weighted by molar-refractivity contribution is -0.127. The molecule has 4 unspecified atom stereocenters. The van der Waals surface area contributed by atoms with Gasteiger partial charge >= 0.3 is 0 Å². The van der Waals surface area contributed by atoms with Crippen LogP contribution in [0.1, 0.15) is 111 Å². The van der Waals surface area contributed by atoms with Crippen molar-refractivity contribution < 1.29 is 19.1 Å². The first kappa shape index (κ1) is 33.2. The van der Waals surface area contributed by atoms with Crippen LogP contribution in [0.2, 0.25) is 0 Å². The quantitative estimate of drug-likeness (QED) is 0.207. The van der Waals surface area contributed by atoms with Crippen LogP contribution < -0.4 is 20.7 Å². The molecule has 3 aromatic rings. The van der Waals surface area contributed by atoms with E-state index in [9.17, 15) is 14.4 Å². The minimum Gasteiger partial charge on any atom is -0.496 e. The average Bonchev–Trinajstić information content (AvgIpc) is 3.82. The molecule has 4 atom stereocenters. The van der Waals surface area contributed by atoms with Gasteiger partial charge in [0, 0.05) is 36.9 Å². The van der Waals surface area contributed by atoms with Crippen molar-refractivity contribution in [1.29, 1.82) is 0 Å². The highest BCUT2D eigenvalue weighted by molar-refractivity contribution is 7.15. The Morgan fingerprint density at radius 3 is 2.53 bits per heavy atom. The van der Waals surface area contributed by atoms with E-state index in [1.54, 1.807) is 18.4 Å². The summed E-state index contributed by atoms with van der Waals surface area (Å²) < 4.78 is 5.52. The minimum atomic E-state index is -0.237. The first-order valence-electron chi connectivity index (χ1n) is 17.3. The van der Waals surface area contributed by atoms with Crippen LogP contribution >= 0.6 is 11.3 Å². The van der Waals surface area contributed by atoms with Crippen molar-refractivity contribution in [2.24, 2.45) is 11.8 Å². The van der Waals surface area contributed by atoms with Crippen molar-refractivity contribution in [3.8, 4) is 16.2 Å². The molecule has 0 saturated heterocycles. The standard InChI is InChI=1S/C38H48N4O4S/c1-23-18-27(15-17-33(23)46-3)31-16-14-30(20-32(31)41-35(44)22-39-24(2)43)36(42-37(45)25-8-5-4-6-9-25)29-11-7-10-28(19-29)34-21-40-38(47-34)26-12-13-26/h7,10-11,15,17-19,21,25-26,30-32,36H,4-6,8-9,12-14,16,20,22H2,1-3H3,(H,39,43)(H,41,44)(H,42,45). The third-order valence-corrected chi connectivity index (χ3v) is 11.5. The van der Waals surface area contributed by atoms with E-state index in [0.29, 0.717) is 12.3 Å². The molecule has 9 heteroatoms. The number of hydrogen-bond acceptors (Lipinski definition) is 6. The van der Waals surface area contributed by atoms with E-state index in [2.05, 4.69) is 52.3 Å². The number of aromatic nitrogens is 1. The number of ether oxygens (including phenoxy) is 1. The van der Waals surface area contributed by atoms with E-state index < -0.39 is 0 Å². The maximum Gasteiger partial charge on any atom is 0.239 e. The molecular formula is C38H48N4O4S. The van der Waals surface area contributed by atoms with Crippen LogP contribution in [0.4, 0.5) is 0 Å². The van der Waals surface area contributed by atoms with E-state index in [-0.39, 0.29) is 54.1 Å². The van der Waals surface area contributed by atoms with Gasteiger partial charge < -0.3 is 20.7 Å². The van der Waals surface area contributed by atoms with Crippen LogP contribution in [0.5, 0.6) is 5.75 Å². The summed E-state index contributed by atoms with van der Waals surface area (Å²) in [6.45, 7) is 3.39. The van der Waals surface area contributed by atoms with Crippen LogP contribution in [0.25, 0.3) is 10.4 Å². The maximum absolute atomic E-state index is 13.8. The molecule has 6 rings (SSSR count). The van der Waals surface area contributed by atoms with Gasteiger partial charge in [0.05, 0.1) is 29.6 Å². The second kappa shape index (κ2) is 15.0. The monoisotopic (exact) mass is 656 g/mol. The number of carbonyl (C=O) groups excluding carboxylic acids is 3. The van der Waals surface area contributed by atoms with Crippen molar-refractivity contribution in [1.82, 2.24) is 20.9 Å². The van der Waals surface area contributed by atoms with Crippen LogP contribution in [0.3, 0.4) is 0 Å². The number of benzene rings is 2.